The first kappa shape index (κ1) is 29.1. The first-order chi connectivity index (χ1) is 21.6. The van der Waals surface area contributed by atoms with Crippen molar-refractivity contribution in [2.75, 3.05) is 10.2 Å². The lowest BCUT2D eigenvalue weighted by atomic mass is 9.83. The standard InChI is InChI=1S/C33H22F3N3O4S2/c34-33(35,36)21-11-6-12-23(16-21)39-29(41)26-25(19-8-2-1-3-9-19)28-31(44-27(26)30(39)42)38(32(43)45-28)17-24(40)37-22-14-13-18-7-4-5-10-20(18)15-22/h1-16,25-27H,17H2,(H,37,40)/t25-,26-,27+/m0/s1. The van der Waals surface area contributed by atoms with Gasteiger partial charge in [0.25, 0.3) is 0 Å². The molecule has 0 bridgehead atoms. The maximum atomic E-state index is 13.9. The fourth-order valence-electron chi connectivity index (χ4n) is 5.96. The van der Waals surface area contributed by atoms with Gasteiger partial charge in [-0.3, -0.25) is 23.7 Å². The van der Waals surface area contributed by atoms with Crippen LogP contribution >= 0.6 is 23.1 Å². The summed E-state index contributed by atoms with van der Waals surface area (Å²) in [5.41, 5.74) is 0.0828. The molecule has 3 atom stereocenters. The van der Waals surface area contributed by atoms with Gasteiger partial charge in [-0.1, -0.05) is 89.8 Å². The van der Waals surface area contributed by atoms with Gasteiger partial charge in [0.1, 0.15) is 11.8 Å². The molecule has 1 aromatic heterocycles. The molecule has 1 N–H and O–H groups in total. The number of rotatable bonds is 5. The van der Waals surface area contributed by atoms with Gasteiger partial charge in [0.05, 0.1) is 22.2 Å². The van der Waals surface area contributed by atoms with Crippen molar-refractivity contribution >= 4 is 63.0 Å². The fourth-order valence-corrected chi connectivity index (χ4v) is 8.74. The van der Waals surface area contributed by atoms with Crippen molar-refractivity contribution in [3.8, 4) is 0 Å². The van der Waals surface area contributed by atoms with Crippen LogP contribution in [0, 0.1) is 5.92 Å². The van der Waals surface area contributed by atoms with Crippen molar-refractivity contribution in [3.63, 3.8) is 0 Å². The van der Waals surface area contributed by atoms with Crippen LogP contribution < -0.4 is 15.1 Å². The summed E-state index contributed by atoms with van der Waals surface area (Å²) in [5, 5.41) is 4.14. The van der Waals surface area contributed by atoms with Gasteiger partial charge in [0.15, 0.2) is 0 Å². The van der Waals surface area contributed by atoms with E-state index in [1.54, 1.807) is 36.4 Å². The van der Waals surface area contributed by atoms with E-state index in [0.29, 0.717) is 21.2 Å². The number of hydrogen-bond donors (Lipinski definition) is 1. The number of imide groups is 1. The van der Waals surface area contributed by atoms with Crippen molar-refractivity contribution in [1.29, 1.82) is 0 Å². The first-order valence-corrected chi connectivity index (χ1v) is 15.6. The largest absolute Gasteiger partial charge is 0.416 e. The van der Waals surface area contributed by atoms with Crippen molar-refractivity contribution in [3.05, 3.63) is 123 Å². The minimum absolute atomic E-state index is 0.169. The maximum Gasteiger partial charge on any atom is 0.416 e. The molecule has 5 aromatic rings. The molecule has 7 rings (SSSR count). The molecule has 1 fully saturated rings. The van der Waals surface area contributed by atoms with Gasteiger partial charge >= 0.3 is 11.0 Å². The van der Waals surface area contributed by atoms with Crippen molar-refractivity contribution in [1.82, 2.24) is 4.57 Å². The minimum Gasteiger partial charge on any atom is -0.325 e. The second-order valence-electron chi connectivity index (χ2n) is 10.7. The molecule has 7 nitrogen and oxygen atoms in total. The summed E-state index contributed by atoms with van der Waals surface area (Å²) >= 11 is 1.90. The topological polar surface area (TPSA) is 88.5 Å². The Morgan fingerprint density at radius 1 is 0.822 bits per heavy atom. The van der Waals surface area contributed by atoms with E-state index >= 15 is 0 Å². The van der Waals surface area contributed by atoms with Crippen LogP contribution in [0.1, 0.15) is 21.9 Å². The Morgan fingerprint density at radius 2 is 1.56 bits per heavy atom. The van der Waals surface area contributed by atoms with Crippen molar-refractivity contribution in [2.24, 2.45) is 5.92 Å². The molecule has 45 heavy (non-hydrogen) atoms. The number of amides is 3. The second kappa shape index (κ2) is 11.0. The van der Waals surface area contributed by atoms with Crippen LogP contribution in [-0.4, -0.2) is 27.5 Å². The first-order valence-electron chi connectivity index (χ1n) is 13.9. The van der Waals surface area contributed by atoms with Gasteiger partial charge in [-0.15, -0.1) is 0 Å². The van der Waals surface area contributed by atoms with E-state index in [9.17, 15) is 32.3 Å². The zero-order chi connectivity index (χ0) is 31.5. The number of halogens is 3. The zero-order valence-electron chi connectivity index (χ0n) is 23.2. The van der Waals surface area contributed by atoms with E-state index in [0.717, 1.165) is 57.0 Å². The Hall–Kier alpha value is -4.68. The van der Waals surface area contributed by atoms with Gasteiger partial charge in [0.2, 0.25) is 17.7 Å². The number of thioether (sulfide) groups is 1. The summed E-state index contributed by atoms with van der Waals surface area (Å²) < 4.78 is 41.8. The van der Waals surface area contributed by atoms with E-state index < -0.39 is 51.4 Å². The molecule has 1 saturated heterocycles. The number of carbonyl (C=O) groups excluding carboxylic acids is 3. The third-order valence-electron chi connectivity index (χ3n) is 7.97. The summed E-state index contributed by atoms with van der Waals surface area (Å²) in [6.07, 6.45) is -4.66. The number of anilines is 2. The molecule has 226 valence electrons. The molecule has 4 aromatic carbocycles. The van der Waals surface area contributed by atoms with Gasteiger partial charge in [-0.05, 0) is 46.7 Å². The van der Waals surface area contributed by atoms with Crippen LogP contribution in [-0.2, 0) is 27.1 Å². The third kappa shape index (κ3) is 5.13. The predicted octanol–water partition coefficient (Wildman–Crippen LogP) is 6.52. The van der Waals surface area contributed by atoms with E-state index in [2.05, 4.69) is 5.32 Å². The number of nitrogens with one attached hydrogen (secondary N) is 1. The van der Waals surface area contributed by atoms with Gasteiger partial charge in [-0.2, -0.15) is 13.2 Å². The average Bonchev–Trinajstić information content (AvgIpc) is 3.47. The summed E-state index contributed by atoms with van der Waals surface area (Å²) in [4.78, 5) is 55.2. The van der Waals surface area contributed by atoms with Gasteiger partial charge < -0.3 is 5.32 Å². The van der Waals surface area contributed by atoms with E-state index in [1.807, 2.05) is 36.4 Å². The molecule has 0 unspecified atom stereocenters. The van der Waals surface area contributed by atoms with E-state index in [4.69, 9.17) is 0 Å². The Bertz CT molecular complexity index is 2060. The summed E-state index contributed by atoms with van der Waals surface area (Å²) in [6.45, 7) is -0.330. The van der Waals surface area contributed by atoms with Crippen LogP contribution in [0.4, 0.5) is 24.5 Å². The number of nitrogens with zero attached hydrogens (tertiary/aromatic N) is 2. The predicted molar refractivity (Wildman–Crippen MR) is 167 cm³/mol. The van der Waals surface area contributed by atoms with Crippen LogP contribution in [0.3, 0.4) is 0 Å². The molecule has 3 amide bonds. The molecule has 0 spiro atoms. The monoisotopic (exact) mass is 645 g/mol. The Kier molecular flexibility index (Phi) is 7.13. The molecule has 0 saturated carbocycles. The SMILES string of the molecule is O=C(Cn1c2c(sc1=O)[C@@H](c1ccccc1)[C@@H]1C(=O)N(c3cccc(C(F)(F)F)c3)C(=O)[C@@H]1S2)Nc1ccc2ccccc2c1. The van der Waals surface area contributed by atoms with Crippen LogP contribution in [0.25, 0.3) is 10.8 Å². The molecular weight excluding hydrogens is 624 g/mol. The number of fused-ring (bicyclic) bond motifs is 3. The fraction of sp³-hybridized carbons (Fsp3) is 0.152. The number of aromatic nitrogens is 1. The zero-order valence-corrected chi connectivity index (χ0v) is 24.8. The lowest BCUT2D eigenvalue weighted by Gasteiger charge is -2.30. The number of carbonyl (C=O) groups is 3. The van der Waals surface area contributed by atoms with Gasteiger partial charge in [-0.25, -0.2) is 4.90 Å². The maximum absolute atomic E-state index is 13.9. The Morgan fingerprint density at radius 3 is 2.31 bits per heavy atom. The second-order valence-corrected chi connectivity index (χ2v) is 12.9. The lowest BCUT2D eigenvalue weighted by molar-refractivity contribution is -0.137. The van der Waals surface area contributed by atoms with Crippen molar-refractivity contribution < 1.29 is 27.6 Å². The minimum atomic E-state index is -4.66. The van der Waals surface area contributed by atoms with Crippen LogP contribution in [0.2, 0.25) is 0 Å². The average molecular weight is 646 g/mol. The number of hydrogen-bond acceptors (Lipinski definition) is 6. The number of benzene rings is 4. The number of alkyl halides is 3. The highest BCUT2D eigenvalue weighted by molar-refractivity contribution is 8.00. The number of thiazole rings is 1. The summed E-state index contributed by atoms with van der Waals surface area (Å²) in [5.74, 6) is -3.46. The highest BCUT2D eigenvalue weighted by Crippen LogP contribution is 2.54. The highest BCUT2D eigenvalue weighted by atomic mass is 32.2. The summed E-state index contributed by atoms with van der Waals surface area (Å²) in [6, 6.07) is 26.2. The molecule has 0 aliphatic carbocycles. The molecule has 2 aliphatic rings. The van der Waals surface area contributed by atoms with Crippen LogP contribution in [0.15, 0.2) is 107 Å². The molecular formula is C33H22F3N3O4S2. The Balaban J connectivity index is 1.25. The molecule has 3 heterocycles. The highest BCUT2D eigenvalue weighted by Gasteiger charge is 2.57. The van der Waals surface area contributed by atoms with Crippen molar-refractivity contribution in [2.45, 2.75) is 28.9 Å². The molecule has 12 heteroatoms. The third-order valence-corrected chi connectivity index (χ3v) is 10.6. The Labute approximate surface area is 262 Å². The summed E-state index contributed by atoms with van der Waals surface area (Å²) in [7, 11) is 0. The normalized spacial score (nSPS) is 19.4. The van der Waals surface area contributed by atoms with E-state index in [1.165, 1.54) is 10.6 Å². The molecule has 0 radical (unpaired) electrons. The lowest BCUT2D eigenvalue weighted by Crippen LogP contribution is -2.33. The smallest absolute Gasteiger partial charge is 0.325 e. The molecule has 2 aliphatic heterocycles. The quantitative estimate of drug-likeness (QED) is 0.220. The van der Waals surface area contributed by atoms with E-state index in [-0.39, 0.29) is 12.2 Å². The van der Waals surface area contributed by atoms with Gasteiger partial charge in [0, 0.05) is 16.5 Å². The van der Waals surface area contributed by atoms with Crippen LogP contribution in [0.5, 0.6) is 0 Å².